The Morgan fingerprint density at radius 2 is 2.16 bits per heavy atom. The van der Waals surface area contributed by atoms with Gasteiger partial charge >= 0.3 is 0 Å². The van der Waals surface area contributed by atoms with Crippen molar-refractivity contribution in [2.24, 2.45) is 5.92 Å². The van der Waals surface area contributed by atoms with Crippen molar-refractivity contribution in [1.29, 1.82) is 0 Å². The summed E-state index contributed by atoms with van der Waals surface area (Å²) < 4.78 is 0. The SMILES string of the molecule is CC(O)CC(C)CNCc1cc(Cl)ccc1[N+](=O)[O-]. The predicted octanol–water partition coefficient (Wildman–Crippen LogP) is 2.74. The van der Waals surface area contributed by atoms with Crippen molar-refractivity contribution in [3.05, 3.63) is 38.9 Å². The van der Waals surface area contributed by atoms with Gasteiger partial charge in [-0.1, -0.05) is 18.5 Å². The number of aliphatic hydroxyl groups excluding tert-OH is 1. The van der Waals surface area contributed by atoms with Gasteiger partial charge in [0, 0.05) is 23.2 Å². The first-order valence-corrected chi connectivity index (χ1v) is 6.59. The van der Waals surface area contributed by atoms with Gasteiger partial charge in [0.15, 0.2) is 0 Å². The van der Waals surface area contributed by atoms with Gasteiger partial charge in [0.05, 0.1) is 11.0 Å². The smallest absolute Gasteiger partial charge is 0.273 e. The Balaban J connectivity index is 2.57. The van der Waals surface area contributed by atoms with Crippen molar-refractivity contribution in [2.45, 2.75) is 32.9 Å². The van der Waals surface area contributed by atoms with Crippen LogP contribution in [0.2, 0.25) is 5.02 Å². The summed E-state index contributed by atoms with van der Waals surface area (Å²) >= 11 is 5.85. The molecule has 0 spiro atoms. The first-order valence-electron chi connectivity index (χ1n) is 6.21. The van der Waals surface area contributed by atoms with Crippen LogP contribution in [0.4, 0.5) is 5.69 Å². The molecule has 0 aromatic heterocycles. The molecule has 1 rings (SSSR count). The molecule has 19 heavy (non-hydrogen) atoms. The molecule has 0 bridgehead atoms. The summed E-state index contributed by atoms with van der Waals surface area (Å²) in [5.74, 6) is 0.304. The number of benzene rings is 1. The first kappa shape index (κ1) is 15.9. The normalized spacial score (nSPS) is 14.1. The van der Waals surface area contributed by atoms with Crippen LogP contribution < -0.4 is 5.32 Å². The van der Waals surface area contributed by atoms with E-state index in [1.807, 2.05) is 6.92 Å². The first-order chi connectivity index (χ1) is 8.90. The molecule has 0 saturated heterocycles. The van der Waals surface area contributed by atoms with Crippen molar-refractivity contribution in [3.8, 4) is 0 Å². The summed E-state index contributed by atoms with van der Waals surface area (Å²) in [5, 5.41) is 23.8. The average molecular weight is 287 g/mol. The van der Waals surface area contributed by atoms with E-state index in [-0.39, 0.29) is 11.8 Å². The predicted molar refractivity (Wildman–Crippen MR) is 75.3 cm³/mol. The minimum atomic E-state index is -0.410. The van der Waals surface area contributed by atoms with E-state index in [1.165, 1.54) is 12.1 Å². The van der Waals surface area contributed by atoms with Gasteiger partial charge in [-0.15, -0.1) is 0 Å². The molecule has 0 aliphatic heterocycles. The van der Waals surface area contributed by atoms with Crippen LogP contribution in [0.25, 0.3) is 0 Å². The van der Waals surface area contributed by atoms with Crippen LogP contribution in [-0.2, 0) is 6.54 Å². The highest BCUT2D eigenvalue weighted by atomic mass is 35.5. The summed E-state index contributed by atoms with van der Waals surface area (Å²) in [4.78, 5) is 10.5. The van der Waals surface area contributed by atoms with Crippen molar-refractivity contribution >= 4 is 17.3 Å². The fourth-order valence-corrected chi connectivity index (χ4v) is 2.19. The lowest BCUT2D eigenvalue weighted by atomic mass is 10.0. The third kappa shape index (κ3) is 5.55. The monoisotopic (exact) mass is 286 g/mol. The fraction of sp³-hybridized carbons (Fsp3) is 0.538. The molecule has 0 radical (unpaired) electrons. The lowest BCUT2D eigenvalue weighted by Crippen LogP contribution is -2.23. The van der Waals surface area contributed by atoms with E-state index in [4.69, 9.17) is 11.6 Å². The third-order valence-corrected chi connectivity index (χ3v) is 3.03. The highest BCUT2D eigenvalue weighted by molar-refractivity contribution is 6.30. The fourth-order valence-electron chi connectivity index (χ4n) is 1.99. The standard InChI is InChI=1S/C13H19ClN2O3/c1-9(5-10(2)17)7-15-8-11-6-12(14)3-4-13(11)16(18)19/h3-4,6,9-10,15,17H,5,7-8H2,1-2H3. The van der Waals surface area contributed by atoms with Crippen LogP contribution >= 0.6 is 11.6 Å². The lowest BCUT2D eigenvalue weighted by Gasteiger charge is -2.14. The number of nitro groups is 1. The molecule has 0 heterocycles. The number of rotatable bonds is 7. The molecule has 2 atom stereocenters. The molecule has 2 N–H and O–H groups in total. The zero-order valence-electron chi connectivity index (χ0n) is 11.1. The van der Waals surface area contributed by atoms with Gasteiger partial charge in [-0.2, -0.15) is 0 Å². The molecule has 2 unspecified atom stereocenters. The number of nitrogens with one attached hydrogen (secondary N) is 1. The van der Waals surface area contributed by atoms with Gasteiger partial charge < -0.3 is 10.4 Å². The number of nitro benzene ring substituents is 1. The molecule has 106 valence electrons. The molecule has 5 nitrogen and oxygen atoms in total. The van der Waals surface area contributed by atoms with Crippen LogP contribution in [0.1, 0.15) is 25.8 Å². The van der Waals surface area contributed by atoms with E-state index < -0.39 is 4.92 Å². The molecule has 0 fully saturated rings. The number of aliphatic hydroxyl groups is 1. The maximum atomic E-state index is 10.9. The van der Waals surface area contributed by atoms with E-state index in [0.717, 1.165) is 0 Å². The topological polar surface area (TPSA) is 75.4 Å². The van der Waals surface area contributed by atoms with Gasteiger partial charge in [-0.05, 0) is 37.9 Å². The Hall–Kier alpha value is -1.17. The van der Waals surface area contributed by atoms with Gasteiger partial charge in [-0.25, -0.2) is 0 Å². The van der Waals surface area contributed by atoms with E-state index in [1.54, 1.807) is 13.0 Å². The maximum absolute atomic E-state index is 10.9. The zero-order chi connectivity index (χ0) is 14.4. The minimum Gasteiger partial charge on any atom is -0.393 e. The second-order valence-electron chi connectivity index (χ2n) is 4.85. The summed E-state index contributed by atoms with van der Waals surface area (Å²) in [6.45, 7) is 4.85. The van der Waals surface area contributed by atoms with Crippen molar-refractivity contribution in [3.63, 3.8) is 0 Å². The lowest BCUT2D eigenvalue weighted by molar-refractivity contribution is -0.385. The Kier molecular flexibility index (Phi) is 6.21. The highest BCUT2D eigenvalue weighted by Gasteiger charge is 2.14. The number of nitrogens with zero attached hydrogens (tertiary/aromatic N) is 1. The summed E-state index contributed by atoms with van der Waals surface area (Å²) in [6.07, 6.45) is 0.363. The highest BCUT2D eigenvalue weighted by Crippen LogP contribution is 2.22. The molecular formula is C13H19ClN2O3. The minimum absolute atomic E-state index is 0.0695. The summed E-state index contributed by atoms with van der Waals surface area (Å²) in [7, 11) is 0. The van der Waals surface area contributed by atoms with E-state index in [9.17, 15) is 15.2 Å². The van der Waals surface area contributed by atoms with E-state index >= 15 is 0 Å². The summed E-state index contributed by atoms with van der Waals surface area (Å²) in [6, 6.07) is 4.53. The quantitative estimate of drug-likeness (QED) is 0.597. The van der Waals surface area contributed by atoms with Crippen LogP contribution in [0.5, 0.6) is 0 Å². The molecule has 0 saturated carbocycles. The van der Waals surface area contributed by atoms with Gasteiger partial charge in [0.25, 0.3) is 5.69 Å². The Morgan fingerprint density at radius 1 is 1.47 bits per heavy atom. The van der Waals surface area contributed by atoms with Gasteiger partial charge in [-0.3, -0.25) is 10.1 Å². The zero-order valence-corrected chi connectivity index (χ0v) is 11.9. The number of halogens is 1. The van der Waals surface area contributed by atoms with E-state index in [2.05, 4.69) is 5.32 Å². The molecule has 0 aliphatic rings. The molecular weight excluding hydrogens is 268 g/mol. The number of hydrogen-bond acceptors (Lipinski definition) is 4. The number of hydrogen-bond donors (Lipinski definition) is 2. The van der Waals surface area contributed by atoms with Crippen LogP contribution in [0.15, 0.2) is 18.2 Å². The van der Waals surface area contributed by atoms with Crippen molar-refractivity contribution in [2.75, 3.05) is 6.54 Å². The average Bonchev–Trinajstić information content (AvgIpc) is 2.27. The molecule has 0 amide bonds. The largest absolute Gasteiger partial charge is 0.393 e. The second kappa shape index (κ2) is 7.43. The molecule has 6 heteroatoms. The molecule has 0 aliphatic carbocycles. The van der Waals surface area contributed by atoms with E-state index in [0.29, 0.717) is 36.0 Å². The Labute approximate surface area is 117 Å². The van der Waals surface area contributed by atoms with Gasteiger partial charge in [0.2, 0.25) is 0 Å². The van der Waals surface area contributed by atoms with Crippen LogP contribution in [-0.4, -0.2) is 22.7 Å². The Bertz CT molecular complexity index is 438. The maximum Gasteiger partial charge on any atom is 0.273 e. The van der Waals surface area contributed by atoms with Crippen molar-refractivity contribution in [1.82, 2.24) is 5.32 Å². The van der Waals surface area contributed by atoms with Crippen LogP contribution in [0, 0.1) is 16.0 Å². The Morgan fingerprint density at radius 3 is 2.74 bits per heavy atom. The van der Waals surface area contributed by atoms with Crippen molar-refractivity contribution < 1.29 is 10.0 Å². The summed E-state index contributed by atoms with van der Waals surface area (Å²) in [5.41, 5.74) is 0.641. The molecule has 1 aromatic rings. The van der Waals surface area contributed by atoms with Crippen LogP contribution in [0.3, 0.4) is 0 Å². The van der Waals surface area contributed by atoms with Gasteiger partial charge in [0.1, 0.15) is 0 Å². The third-order valence-electron chi connectivity index (χ3n) is 2.79. The molecule has 1 aromatic carbocycles. The second-order valence-corrected chi connectivity index (χ2v) is 5.29.